The summed E-state index contributed by atoms with van der Waals surface area (Å²) in [6.07, 6.45) is 1.61. The quantitative estimate of drug-likeness (QED) is 0.629. The number of phenols is 1. The van der Waals surface area contributed by atoms with Crippen molar-refractivity contribution in [2.24, 2.45) is 0 Å². The Balaban J connectivity index is 1.95. The Morgan fingerprint density at radius 1 is 1.04 bits per heavy atom. The molecule has 3 rings (SSSR count). The predicted molar refractivity (Wildman–Crippen MR) is 95.6 cm³/mol. The van der Waals surface area contributed by atoms with Crippen LogP contribution in [0.15, 0.2) is 54.6 Å². The van der Waals surface area contributed by atoms with E-state index in [1.807, 2.05) is 30.3 Å². The van der Waals surface area contributed by atoms with Crippen molar-refractivity contribution < 1.29 is 5.11 Å². The van der Waals surface area contributed by atoms with Gasteiger partial charge in [0.2, 0.25) is 11.9 Å². The minimum atomic E-state index is 0.00953. The minimum absolute atomic E-state index is 0.00953. The number of aromatic nitrogens is 3. The molecule has 0 spiro atoms. The highest BCUT2D eigenvalue weighted by molar-refractivity contribution is 5.87. The van der Waals surface area contributed by atoms with E-state index < -0.39 is 0 Å². The molecule has 0 aliphatic carbocycles. The van der Waals surface area contributed by atoms with Gasteiger partial charge in [-0.1, -0.05) is 30.3 Å². The third-order valence-corrected chi connectivity index (χ3v) is 3.25. The van der Waals surface area contributed by atoms with E-state index in [1.54, 1.807) is 18.2 Å². The molecule has 4 N–H and O–H groups in total. The fourth-order valence-corrected chi connectivity index (χ4v) is 2.10. The zero-order valence-electron chi connectivity index (χ0n) is 13.1. The number of hydrogen-bond donors (Lipinski definition) is 3. The normalized spacial score (nSPS) is 10.9. The van der Waals surface area contributed by atoms with Crippen LogP contribution in [0.2, 0.25) is 0 Å². The van der Waals surface area contributed by atoms with Gasteiger partial charge in [0.15, 0.2) is 5.82 Å². The fourth-order valence-electron chi connectivity index (χ4n) is 2.10. The third-order valence-electron chi connectivity index (χ3n) is 3.25. The molecule has 7 heteroatoms. The molecule has 25 heavy (non-hydrogen) atoms. The molecule has 0 fully saturated rings. The van der Waals surface area contributed by atoms with Crippen molar-refractivity contribution in [3.05, 3.63) is 66.0 Å². The first-order valence-electron chi connectivity index (χ1n) is 7.39. The summed E-state index contributed by atoms with van der Waals surface area (Å²) in [5.41, 5.74) is 7.50. The molecule has 0 amide bonds. The van der Waals surface area contributed by atoms with Gasteiger partial charge in [-0.3, -0.25) is 0 Å². The Morgan fingerprint density at radius 2 is 1.76 bits per heavy atom. The van der Waals surface area contributed by atoms with E-state index in [0.717, 1.165) is 11.3 Å². The second-order valence-corrected chi connectivity index (χ2v) is 5.09. The van der Waals surface area contributed by atoms with E-state index in [-0.39, 0.29) is 29.0 Å². The fraction of sp³-hybridized carbons (Fsp3) is 0. The van der Waals surface area contributed by atoms with Gasteiger partial charge in [-0.05, 0) is 35.9 Å². The van der Waals surface area contributed by atoms with Crippen LogP contribution in [0.1, 0.15) is 11.4 Å². The predicted octanol–water partition coefficient (Wildman–Crippen LogP) is 2.97. The van der Waals surface area contributed by atoms with Crippen molar-refractivity contribution in [1.29, 1.82) is 5.26 Å². The molecule has 122 valence electrons. The molecule has 3 aromatic rings. The highest BCUT2D eigenvalue weighted by Gasteiger charge is 2.10. The number of nitrogens with zero attached hydrogens (tertiary/aromatic N) is 4. The molecule has 7 nitrogen and oxygen atoms in total. The first-order valence-corrected chi connectivity index (χ1v) is 7.39. The van der Waals surface area contributed by atoms with Crippen LogP contribution in [0, 0.1) is 11.3 Å². The maximum Gasteiger partial charge on any atom is 0.232 e. The number of rotatable bonds is 4. The summed E-state index contributed by atoms with van der Waals surface area (Å²) in [5, 5.41) is 21.8. The molecule has 0 saturated heterocycles. The molecular formula is C18H14N6O. The van der Waals surface area contributed by atoms with Crippen molar-refractivity contribution in [2.45, 2.75) is 0 Å². The van der Waals surface area contributed by atoms with Gasteiger partial charge < -0.3 is 16.2 Å². The van der Waals surface area contributed by atoms with Gasteiger partial charge in [0.25, 0.3) is 0 Å². The summed E-state index contributed by atoms with van der Waals surface area (Å²) < 4.78 is 0. The molecule has 0 atom stereocenters. The van der Waals surface area contributed by atoms with Crippen LogP contribution < -0.4 is 11.1 Å². The van der Waals surface area contributed by atoms with Gasteiger partial charge >= 0.3 is 0 Å². The Labute approximate surface area is 144 Å². The molecule has 2 aromatic carbocycles. The summed E-state index contributed by atoms with van der Waals surface area (Å²) in [7, 11) is 0. The van der Waals surface area contributed by atoms with Gasteiger partial charge in [0.1, 0.15) is 11.8 Å². The lowest BCUT2D eigenvalue weighted by Crippen LogP contribution is -2.06. The van der Waals surface area contributed by atoms with E-state index in [9.17, 15) is 10.4 Å². The van der Waals surface area contributed by atoms with Crippen LogP contribution in [-0.4, -0.2) is 20.1 Å². The monoisotopic (exact) mass is 330 g/mol. The Kier molecular flexibility index (Phi) is 4.53. The topological polar surface area (TPSA) is 121 Å². The van der Waals surface area contributed by atoms with E-state index in [0.29, 0.717) is 0 Å². The zero-order chi connectivity index (χ0) is 17.6. The van der Waals surface area contributed by atoms with E-state index in [4.69, 9.17) is 5.73 Å². The lowest BCUT2D eigenvalue weighted by molar-refractivity contribution is 0.475. The van der Waals surface area contributed by atoms with Crippen LogP contribution in [0.4, 0.5) is 17.6 Å². The van der Waals surface area contributed by atoms with Crippen LogP contribution in [0.25, 0.3) is 11.6 Å². The molecule has 0 aliphatic rings. The highest BCUT2D eigenvalue weighted by Crippen LogP contribution is 2.19. The number of para-hydroxylation sites is 1. The first kappa shape index (κ1) is 16.0. The highest BCUT2D eigenvalue weighted by atomic mass is 16.3. The summed E-state index contributed by atoms with van der Waals surface area (Å²) in [4.78, 5) is 12.3. The lowest BCUT2D eigenvalue weighted by atomic mass is 10.1. The number of phenolic OH excluding ortho intramolecular Hbond substituents is 1. The second-order valence-electron chi connectivity index (χ2n) is 5.09. The van der Waals surface area contributed by atoms with Crippen molar-refractivity contribution in [1.82, 2.24) is 15.0 Å². The molecule has 0 radical (unpaired) electrons. The maximum atomic E-state index is 9.44. The van der Waals surface area contributed by atoms with E-state index >= 15 is 0 Å². The number of aromatic hydroxyl groups is 1. The zero-order valence-corrected chi connectivity index (χ0v) is 13.1. The lowest BCUT2D eigenvalue weighted by Gasteiger charge is -2.07. The van der Waals surface area contributed by atoms with E-state index in [2.05, 4.69) is 26.3 Å². The largest absolute Gasteiger partial charge is 0.508 e. The minimum Gasteiger partial charge on any atom is -0.508 e. The maximum absolute atomic E-state index is 9.44. The summed E-state index contributed by atoms with van der Waals surface area (Å²) in [6.45, 7) is 0. The first-order chi connectivity index (χ1) is 12.1. The molecule has 0 saturated carbocycles. The van der Waals surface area contributed by atoms with Gasteiger partial charge in [-0.15, -0.1) is 0 Å². The molecule has 0 bridgehead atoms. The van der Waals surface area contributed by atoms with Crippen LogP contribution in [0.3, 0.4) is 0 Å². The number of allylic oxidation sites excluding steroid dienone is 1. The Hall–Kier alpha value is -3.92. The van der Waals surface area contributed by atoms with Crippen molar-refractivity contribution >= 4 is 29.2 Å². The average molecular weight is 330 g/mol. The number of nitrogens with two attached hydrogens (primary N) is 1. The number of anilines is 3. The number of nitrogens with one attached hydrogen (secondary N) is 1. The summed E-state index contributed by atoms with van der Waals surface area (Å²) in [5.74, 6) is 0.576. The molecule has 1 aromatic heterocycles. The summed E-state index contributed by atoms with van der Waals surface area (Å²) >= 11 is 0. The summed E-state index contributed by atoms with van der Waals surface area (Å²) in [6, 6.07) is 17.8. The molecule has 1 heterocycles. The third kappa shape index (κ3) is 4.09. The van der Waals surface area contributed by atoms with Gasteiger partial charge in [-0.25, -0.2) is 0 Å². The molecule has 0 aliphatic heterocycles. The number of nitriles is 1. The van der Waals surface area contributed by atoms with Gasteiger partial charge in [0, 0.05) is 5.69 Å². The number of benzene rings is 2. The Bertz CT molecular complexity index is 946. The smallest absolute Gasteiger partial charge is 0.232 e. The van der Waals surface area contributed by atoms with Crippen molar-refractivity contribution in [3.8, 4) is 11.8 Å². The van der Waals surface area contributed by atoms with Crippen LogP contribution >= 0.6 is 0 Å². The molecule has 0 unspecified atom stereocenters. The standard InChI is InChI=1S/C18H14N6O/c19-11-13(10-12-6-8-15(25)9-7-12)16-22-17(20)24-18(23-16)21-14-4-2-1-3-5-14/h1-10,25H,(H3,20,21,22,23,24)/b13-10+. The second kappa shape index (κ2) is 7.10. The van der Waals surface area contributed by atoms with Crippen molar-refractivity contribution in [2.75, 3.05) is 11.1 Å². The average Bonchev–Trinajstić information content (AvgIpc) is 2.61. The van der Waals surface area contributed by atoms with E-state index in [1.165, 1.54) is 12.1 Å². The van der Waals surface area contributed by atoms with Crippen LogP contribution in [0.5, 0.6) is 5.75 Å². The SMILES string of the molecule is N#C/C(=C\c1ccc(O)cc1)c1nc(N)nc(Nc2ccccc2)n1. The Morgan fingerprint density at radius 3 is 2.44 bits per heavy atom. The number of hydrogen-bond acceptors (Lipinski definition) is 7. The molecular weight excluding hydrogens is 316 g/mol. The van der Waals surface area contributed by atoms with Crippen molar-refractivity contribution in [3.63, 3.8) is 0 Å². The van der Waals surface area contributed by atoms with Crippen LogP contribution in [-0.2, 0) is 0 Å². The van der Waals surface area contributed by atoms with Gasteiger partial charge in [-0.2, -0.15) is 20.2 Å². The van der Waals surface area contributed by atoms with Gasteiger partial charge in [0.05, 0.1) is 5.57 Å². The number of nitrogen functional groups attached to an aromatic ring is 1.